The van der Waals surface area contributed by atoms with Gasteiger partial charge in [0.15, 0.2) is 6.29 Å². The van der Waals surface area contributed by atoms with Crippen LogP contribution in [0.2, 0.25) is 5.02 Å². The molecule has 2 aromatic carbocycles. The number of carbonyl (C=O) groups is 1. The van der Waals surface area contributed by atoms with Gasteiger partial charge < -0.3 is 0 Å². The first-order chi connectivity index (χ1) is 8.52. The number of carbonyl (C=O) groups excluding carboxylic acids is 1. The molecule has 0 bridgehead atoms. The lowest BCUT2D eigenvalue weighted by Crippen LogP contribution is -1.92. The molecule has 0 saturated heterocycles. The average molecular weight is 267 g/mol. The molecule has 0 aliphatic rings. The number of halogens is 3. The zero-order valence-electron chi connectivity index (χ0n) is 9.51. The zero-order chi connectivity index (χ0) is 13.3. The predicted octanol–water partition coefficient (Wildman–Crippen LogP) is 4.41. The molecule has 0 aliphatic carbocycles. The Balaban J connectivity index is 2.62. The lowest BCUT2D eigenvalue weighted by atomic mass is 10.0. The molecule has 0 aromatic heterocycles. The zero-order valence-corrected chi connectivity index (χ0v) is 10.3. The fraction of sp³-hybridized carbons (Fsp3) is 0.0714. The van der Waals surface area contributed by atoms with Gasteiger partial charge in [-0.15, -0.1) is 0 Å². The maximum Gasteiger partial charge on any atom is 0.151 e. The lowest BCUT2D eigenvalue weighted by molar-refractivity contribution is 0.112. The van der Waals surface area contributed by atoms with E-state index >= 15 is 0 Å². The number of hydrogen-bond donors (Lipinski definition) is 0. The molecule has 18 heavy (non-hydrogen) atoms. The number of rotatable bonds is 2. The lowest BCUT2D eigenvalue weighted by Gasteiger charge is -2.07. The summed E-state index contributed by atoms with van der Waals surface area (Å²) in [6.45, 7) is 1.55. The van der Waals surface area contributed by atoms with Crippen LogP contribution in [0.3, 0.4) is 0 Å². The Bertz CT molecular complexity index is 623. The first-order valence-electron chi connectivity index (χ1n) is 5.23. The summed E-state index contributed by atoms with van der Waals surface area (Å²) < 4.78 is 26.9. The highest BCUT2D eigenvalue weighted by Crippen LogP contribution is 2.28. The first-order valence-corrected chi connectivity index (χ1v) is 5.61. The largest absolute Gasteiger partial charge is 0.298 e. The molecular weight excluding hydrogens is 258 g/mol. The number of benzene rings is 2. The van der Waals surface area contributed by atoms with E-state index in [1.54, 1.807) is 13.0 Å². The van der Waals surface area contributed by atoms with Gasteiger partial charge in [-0.1, -0.05) is 17.7 Å². The van der Waals surface area contributed by atoms with E-state index in [4.69, 9.17) is 11.6 Å². The van der Waals surface area contributed by atoms with Gasteiger partial charge in [-0.25, -0.2) is 8.78 Å². The van der Waals surface area contributed by atoms with Gasteiger partial charge in [0.25, 0.3) is 0 Å². The average Bonchev–Trinajstić information content (AvgIpc) is 2.35. The quantitative estimate of drug-likeness (QED) is 0.736. The molecular formula is C14H9ClF2O. The molecule has 0 radical (unpaired) electrons. The van der Waals surface area contributed by atoms with Gasteiger partial charge in [0.05, 0.1) is 5.02 Å². The molecule has 1 nitrogen and oxygen atoms in total. The first kappa shape index (κ1) is 12.7. The van der Waals surface area contributed by atoms with E-state index in [1.807, 2.05) is 0 Å². The van der Waals surface area contributed by atoms with Crippen LogP contribution in [0.15, 0.2) is 30.3 Å². The van der Waals surface area contributed by atoms with Gasteiger partial charge in [0.1, 0.15) is 11.6 Å². The van der Waals surface area contributed by atoms with Crippen LogP contribution < -0.4 is 0 Å². The smallest absolute Gasteiger partial charge is 0.151 e. The van der Waals surface area contributed by atoms with Crippen molar-refractivity contribution in [2.24, 2.45) is 0 Å². The van der Waals surface area contributed by atoms with E-state index in [2.05, 4.69) is 0 Å². The predicted molar refractivity (Wildman–Crippen MR) is 66.9 cm³/mol. The van der Waals surface area contributed by atoms with E-state index in [9.17, 15) is 13.6 Å². The number of aryl methyl sites for hydroxylation is 1. The fourth-order valence-corrected chi connectivity index (χ4v) is 1.84. The summed E-state index contributed by atoms with van der Waals surface area (Å²) in [6, 6.07) is 6.82. The molecule has 0 unspecified atom stereocenters. The number of aldehydes is 1. The van der Waals surface area contributed by atoms with Crippen LogP contribution in [0.4, 0.5) is 8.78 Å². The van der Waals surface area contributed by atoms with Crippen LogP contribution >= 0.6 is 11.6 Å². The summed E-state index contributed by atoms with van der Waals surface area (Å²) in [6.07, 6.45) is 0.597. The Kier molecular flexibility index (Phi) is 3.43. The van der Waals surface area contributed by atoms with Gasteiger partial charge in [0, 0.05) is 17.2 Å². The Hall–Kier alpha value is -1.74. The standard InChI is InChI=1S/C14H9ClF2O/c1-8-4-11(14(17)6-13(8)16)9-2-3-12(15)10(5-9)7-18/h2-7H,1H3. The third-order valence-corrected chi connectivity index (χ3v) is 3.03. The van der Waals surface area contributed by atoms with Crippen molar-refractivity contribution in [3.05, 3.63) is 58.1 Å². The van der Waals surface area contributed by atoms with Crippen molar-refractivity contribution in [3.63, 3.8) is 0 Å². The second-order valence-corrected chi connectivity index (χ2v) is 4.34. The van der Waals surface area contributed by atoms with Crippen molar-refractivity contribution in [3.8, 4) is 11.1 Å². The van der Waals surface area contributed by atoms with E-state index in [1.165, 1.54) is 18.2 Å². The van der Waals surface area contributed by atoms with Crippen molar-refractivity contribution in [1.82, 2.24) is 0 Å². The third-order valence-electron chi connectivity index (χ3n) is 2.68. The SMILES string of the molecule is Cc1cc(-c2ccc(Cl)c(C=O)c2)c(F)cc1F. The topological polar surface area (TPSA) is 17.1 Å². The second-order valence-electron chi connectivity index (χ2n) is 3.94. The Morgan fingerprint density at radius 3 is 2.50 bits per heavy atom. The van der Waals surface area contributed by atoms with Crippen LogP contribution in [-0.2, 0) is 0 Å². The second kappa shape index (κ2) is 4.86. The molecule has 2 aromatic rings. The van der Waals surface area contributed by atoms with Crippen molar-refractivity contribution >= 4 is 17.9 Å². The van der Waals surface area contributed by atoms with Gasteiger partial charge in [-0.05, 0) is 36.2 Å². The fourth-order valence-electron chi connectivity index (χ4n) is 1.68. The van der Waals surface area contributed by atoms with Crippen molar-refractivity contribution < 1.29 is 13.6 Å². The Morgan fingerprint density at radius 2 is 1.83 bits per heavy atom. The molecule has 0 N–H and O–H groups in total. The Labute approximate surface area is 108 Å². The van der Waals surface area contributed by atoms with Crippen molar-refractivity contribution in [1.29, 1.82) is 0 Å². The van der Waals surface area contributed by atoms with Gasteiger partial charge >= 0.3 is 0 Å². The Morgan fingerprint density at radius 1 is 1.11 bits per heavy atom. The summed E-state index contributed by atoms with van der Waals surface area (Å²) in [5, 5.41) is 0.299. The molecule has 92 valence electrons. The minimum absolute atomic E-state index is 0.244. The van der Waals surface area contributed by atoms with Crippen LogP contribution in [0.25, 0.3) is 11.1 Å². The van der Waals surface area contributed by atoms with Crippen LogP contribution in [-0.4, -0.2) is 6.29 Å². The maximum atomic E-state index is 13.7. The van der Waals surface area contributed by atoms with Crippen LogP contribution in [0, 0.1) is 18.6 Å². The molecule has 0 amide bonds. The summed E-state index contributed by atoms with van der Waals surface area (Å²) in [7, 11) is 0. The highest BCUT2D eigenvalue weighted by Gasteiger charge is 2.10. The van der Waals surface area contributed by atoms with Crippen LogP contribution in [0.5, 0.6) is 0 Å². The van der Waals surface area contributed by atoms with E-state index in [0.29, 0.717) is 22.4 Å². The molecule has 4 heteroatoms. The molecule has 0 aliphatic heterocycles. The van der Waals surface area contributed by atoms with Gasteiger partial charge in [-0.2, -0.15) is 0 Å². The monoisotopic (exact) mass is 266 g/mol. The highest BCUT2D eigenvalue weighted by atomic mass is 35.5. The molecule has 0 fully saturated rings. The maximum absolute atomic E-state index is 13.7. The molecule has 2 rings (SSSR count). The van der Waals surface area contributed by atoms with E-state index < -0.39 is 11.6 Å². The van der Waals surface area contributed by atoms with Crippen molar-refractivity contribution in [2.75, 3.05) is 0 Å². The normalized spacial score (nSPS) is 10.4. The third kappa shape index (κ3) is 2.27. The minimum Gasteiger partial charge on any atom is -0.298 e. The van der Waals surface area contributed by atoms with Gasteiger partial charge in [-0.3, -0.25) is 4.79 Å². The van der Waals surface area contributed by atoms with Crippen molar-refractivity contribution in [2.45, 2.75) is 6.92 Å². The van der Waals surface area contributed by atoms with E-state index in [0.717, 1.165) is 6.07 Å². The summed E-state index contributed by atoms with van der Waals surface area (Å²) in [5.74, 6) is -1.27. The molecule has 0 heterocycles. The molecule has 0 atom stereocenters. The van der Waals surface area contributed by atoms with E-state index in [-0.39, 0.29) is 11.1 Å². The van der Waals surface area contributed by atoms with Crippen LogP contribution in [0.1, 0.15) is 15.9 Å². The highest BCUT2D eigenvalue weighted by molar-refractivity contribution is 6.33. The van der Waals surface area contributed by atoms with Gasteiger partial charge in [0.2, 0.25) is 0 Å². The molecule has 0 spiro atoms. The minimum atomic E-state index is -0.669. The summed E-state index contributed by atoms with van der Waals surface area (Å²) in [5.41, 5.74) is 1.35. The summed E-state index contributed by atoms with van der Waals surface area (Å²) in [4.78, 5) is 10.8. The molecule has 0 saturated carbocycles. The number of hydrogen-bond acceptors (Lipinski definition) is 1. The summed E-state index contributed by atoms with van der Waals surface area (Å²) >= 11 is 5.80.